The fourth-order valence-electron chi connectivity index (χ4n) is 2.32. The molecular weight excluding hydrogens is 208 g/mol. The Labute approximate surface area is 101 Å². The van der Waals surface area contributed by atoms with Gasteiger partial charge in [0.2, 0.25) is 0 Å². The summed E-state index contributed by atoms with van der Waals surface area (Å²) in [4.78, 5) is 10.8. The van der Waals surface area contributed by atoms with Gasteiger partial charge in [0.1, 0.15) is 6.29 Å². The molecule has 1 nitrogen and oxygen atoms in total. The smallest absolute Gasteiger partial charge is 0.127 e. The van der Waals surface area contributed by atoms with E-state index >= 15 is 0 Å². The van der Waals surface area contributed by atoms with Gasteiger partial charge in [0.25, 0.3) is 0 Å². The molecule has 0 aliphatic heterocycles. The molecule has 1 fully saturated rings. The van der Waals surface area contributed by atoms with Crippen LogP contribution in [0.1, 0.15) is 42.7 Å². The standard InChI is InChI=1S/C16H16O/c1-11(10-17)14-6-4-13-5-7-15(12-2-3-12)9-16(13)8-14/h4-12H,2-3H2,1H3. The van der Waals surface area contributed by atoms with Crippen LogP contribution in [-0.4, -0.2) is 6.29 Å². The van der Waals surface area contributed by atoms with E-state index in [-0.39, 0.29) is 5.92 Å². The highest BCUT2D eigenvalue weighted by atomic mass is 16.1. The second-order valence-electron chi connectivity index (χ2n) is 5.07. The number of rotatable bonds is 3. The van der Waals surface area contributed by atoms with Crippen LogP contribution in [0.3, 0.4) is 0 Å². The Kier molecular flexibility index (Phi) is 2.47. The largest absolute Gasteiger partial charge is 0.303 e. The molecule has 0 bridgehead atoms. The van der Waals surface area contributed by atoms with E-state index in [2.05, 4.69) is 36.4 Å². The molecule has 0 aromatic heterocycles. The van der Waals surface area contributed by atoms with E-state index in [1.54, 1.807) is 0 Å². The van der Waals surface area contributed by atoms with Gasteiger partial charge >= 0.3 is 0 Å². The fraction of sp³-hybridized carbons (Fsp3) is 0.312. The summed E-state index contributed by atoms with van der Waals surface area (Å²) >= 11 is 0. The maximum atomic E-state index is 10.8. The normalized spacial score (nSPS) is 17.0. The Hall–Kier alpha value is -1.63. The lowest BCUT2D eigenvalue weighted by Gasteiger charge is -2.07. The summed E-state index contributed by atoms with van der Waals surface area (Å²) < 4.78 is 0. The number of hydrogen-bond acceptors (Lipinski definition) is 1. The summed E-state index contributed by atoms with van der Waals surface area (Å²) in [6.45, 7) is 1.94. The lowest BCUT2D eigenvalue weighted by Crippen LogP contribution is -1.93. The zero-order valence-corrected chi connectivity index (χ0v) is 10.0. The van der Waals surface area contributed by atoms with Crippen molar-refractivity contribution in [1.82, 2.24) is 0 Å². The lowest BCUT2D eigenvalue weighted by atomic mass is 9.97. The molecule has 0 radical (unpaired) electrons. The van der Waals surface area contributed by atoms with Crippen LogP contribution in [0.5, 0.6) is 0 Å². The van der Waals surface area contributed by atoms with E-state index in [1.165, 1.54) is 29.2 Å². The van der Waals surface area contributed by atoms with Crippen LogP contribution in [0.15, 0.2) is 36.4 Å². The molecule has 1 aliphatic carbocycles. The van der Waals surface area contributed by atoms with Gasteiger partial charge < -0.3 is 4.79 Å². The van der Waals surface area contributed by atoms with Crippen LogP contribution >= 0.6 is 0 Å². The molecule has 0 amide bonds. The minimum absolute atomic E-state index is 0.0102. The van der Waals surface area contributed by atoms with Crippen LogP contribution in [0.2, 0.25) is 0 Å². The first kappa shape index (κ1) is 10.5. The van der Waals surface area contributed by atoms with E-state index in [4.69, 9.17) is 0 Å². The molecule has 1 unspecified atom stereocenters. The van der Waals surface area contributed by atoms with E-state index in [0.29, 0.717) is 0 Å². The van der Waals surface area contributed by atoms with Gasteiger partial charge in [-0.2, -0.15) is 0 Å². The van der Waals surface area contributed by atoms with Crippen LogP contribution in [0, 0.1) is 0 Å². The number of carbonyl (C=O) groups excluding carboxylic acids is 1. The molecule has 2 aromatic rings. The second kappa shape index (κ2) is 3.99. The minimum atomic E-state index is -0.0102. The first-order chi connectivity index (χ1) is 8.28. The highest BCUT2D eigenvalue weighted by Gasteiger charge is 2.23. The molecule has 1 heteroatoms. The van der Waals surface area contributed by atoms with Crippen molar-refractivity contribution in [3.05, 3.63) is 47.5 Å². The molecule has 2 aromatic carbocycles. The molecule has 0 saturated heterocycles. The molecule has 1 atom stereocenters. The average molecular weight is 224 g/mol. The van der Waals surface area contributed by atoms with Gasteiger partial charge in [0, 0.05) is 5.92 Å². The Balaban J connectivity index is 2.08. The molecule has 86 valence electrons. The summed E-state index contributed by atoms with van der Waals surface area (Å²) in [6.07, 6.45) is 3.66. The molecular formula is C16H16O. The van der Waals surface area contributed by atoms with Crippen molar-refractivity contribution >= 4 is 17.1 Å². The Morgan fingerprint density at radius 2 is 1.88 bits per heavy atom. The average Bonchev–Trinajstić information content (AvgIpc) is 3.20. The first-order valence-electron chi connectivity index (χ1n) is 6.27. The highest BCUT2D eigenvalue weighted by Crippen LogP contribution is 2.41. The van der Waals surface area contributed by atoms with E-state index in [0.717, 1.165) is 17.8 Å². The zero-order chi connectivity index (χ0) is 11.8. The third kappa shape index (κ3) is 1.97. The SMILES string of the molecule is CC(C=O)c1ccc2ccc(C3CC3)cc2c1. The first-order valence-corrected chi connectivity index (χ1v) is 6.27. The second-order valence-corrected chi connectivity index (χ2v) is 5.07. The number of benzene rings is 2. The van der Waals surface area contributed by atoms with Crippen LogP contribution in [-0.2, 0) is 4.79 Å². The van der Waals surface area contributed by atoms with Crippen LogP contribution in [0.25, 0.3) is 10.8 Å². The molecule has 17 heavy (non-hydrogen) atoms. The topological polar surface area (TPSA) is 17.1 Å². The van der Waals surface area contributed by atoms with Crippen molar-refractivity contribution in [2.24, 2.45) is 0 Å². The predicted molar refractivity (Wildman–Crippen MR) is 70.4 cm³/mol. The molecule has 3 rings (SSSR count). The quantitative estimate of drug-likeness (QED) is 0.720. The monoisotopic (exact) mass is 224 g/mol. The summed E-state index contributed by atoms with van der Waals surface area (Å²) in [6, 6.07) is 13.0. The Morgan fingerprint density at radius 3 is 2.59 bits per heavy atom. The number of aldehydes is 1. The maximum absolute atomic E-state index is 10.8. The van der Waals surface area contributed by atoms with Crippen LogP contribution in [0.4, 0.5) is 0 Å². The lowest BCUT2D eigenvalue weighted by molar-refractivity contribution is -0.108. The van der Waals surface area contributed by atoms with E-state index < -0.39 is 0 Å². The Bertz CT molecular complexity index is 567. The van der Waals surface area contributed by atoms with Gasteiger partial charge in [0.05, 0.1) is 0 Å². The molecule has 0 heterocycles. The summed E-state index contributed by atoms with van der Waals surface area (Å²) in [5.74, 6) is 0.774. The minimum Gasteiger partial charge on any atom is -0.303 e. The number of fused-ring (bicyclic) bond motifs is 1. The third-order valence-electron chi connectivity index (χ3n) is 3.67. The maximum Gasteiger partial charge on any atom is 0.127 e. The summed E-state index contributed by atoms with van der Waals surface area (Å²) in [5.41, 5.74) is 2.56. The van der Waals surface area contributed by atoms with Gasteiger partial charge in [-0.3, -0.25) is 0 Å². The van der Waals surface area contributed by atoms with Crippen molar-refractivity contribution in [1.29, 1.82) is 0 Å². The van der Waals surface area contributed by atoms with Gasteiger partial charge in [0.15, 0.2) is 0 Å². The number of carbonyl (C=O) groups is 1. The van der Waals surface area contributed by atoms with Crippen molar-refractivity contribution < 1.29 is 4.79 Å². The summed E-state index contributed by atoms with van der Waals surface area (Å²) in [7, 11) is 0. The molecule has 1 aliphatic rings. The van der Waals surface area contributed by atoms with Crippen molar-refractivity contribution in [2.75, 3.05) is 0 Å². The van der Waals surface area contributed by atoms with Gasteiger partial charge in [-0.25, -0.2) is 0 Å². The van der Waals surface area contributed by atoms with E-state index in [9.17, 15) is 4.79 Å². The van der Waals surface area contributed by atoms with Crippen molar-refractivity contribution in [3.63, 3.8) is 0 Å². The summed E-state index contributed by atoms with van der Waals surface area (Å²) in [5, 5.41) is 2.52. The zero-order valence-electron chi connectivity index (χ0n) is 10.0. The van der Waals surface area contributed by atoms with Crippen LogP contribution < -0.4 is 0 Å². The van der Waals surface area contributed by atoms with Gasteiger partial charge in [-0.1, -0.05) is 43.3 Å². The fourth-order valence-corrected chi connectivity index (χ4v) is 2.32. The molecule has 1 saturated carbocycles. The van der Waals surface area contributed by atoms with E-state index in [1.807, 2.05) is 6.92 Å². The van der Waals surface area contributed by atoms with Gasteiger partial charge in [-0.05, 0) is 40.7 Å². The van der Waals surface area contributed by atoms with Crippen molar-refractivity contribution in [3.8, 4) is 0 Å². The van der Waals surface area contributed by atoms with Crippen molar-refractivity contribution in [2.45, 2.75) is 31.6 Å². The number of hydrogen-bond donors (Lipinski definition) is 0. The molecule has 0 spiro atoms. The molecule has 0 N–H and O–H groups in total. The third-order valence-corrected chi connectivity index (χ3v) is 3.67. The van der Waals surface area contributed by atoms with Gasteiger partial charge in [-0.15, -0.1) is 0 Å². The highest BCUT2D eigenvalue weighted by molar-refractivity contribution is 5.85. The Morgan fingerprint density at radius 1 is 1.12 bits per heavy atom. The predicted octanol–water partition coefficient (Wildman–Crippen LogP) is 4.02.